The van der Waals surface area contributed by atoms with Gasteiger partial charge in [-0.3, -0.25) is 9.58 Å². The van der Waals surface area contributed by atoms with E-state index < -0.39 is 0 Å². The van der Waals surface area contributed by atoms with Crippen molar-refractivity contribution in [2.45, 2.75) is 46.3 Å². The number of hydrogen-bond donors (Lipinski definition) is 1. The van der Waals surface area contributed by atoms with E-state index in [1.807, 2.05) is 11.6 Å². The van der Waals surface area contributed by atoms with Crippen molar-refractivity contribution in [2.75, 3.05) is 25.5 Å². The van der Waals surface area contributed by atoms with Crippen LogP contribution in [0.4, 0.5) is 5.69 Å². The number of aryl methyl sites for hydroxylation is 2. The van der Waals surface area contributed by atoms with E-state index in [2.05, 4.69) is 46.6 Å². The molecule has 1 fully saturated rings. The molecule has 5 nitrogen and oxygen atoms in total. The van der Waals surface area contributed by atoms with Gasteiger partial charge in [-0.05, 0) is 57.5 Å². The van der Waals surface area contributed by atoms with Gasteiger partial charge in [0.1, 0.15) is 5.75 Å². The molecule has 2 aromatic rings. The van der Waals surface area contributed by atoms with Crippen LogP contribution in [0.3, 0.4) is 0 Å². The minimum atomic E-state index is 0.799. The Morgan fingerprint density at radius 2 is 2.04 bits per heavy atom. The summed E-state index contributed by atoms with van der Waals surface area (Å²) in [5.74, 6) is 0.987. The summed E-state index contributed by atoms with van der Waals surface area (Å²) in [5, 5.41) is 7.99. The molecule has 1 aliphatic heterocycles. The Morgan fingerprint density at radius 3 is 2.71 bits per heavy atom. The Labute approximate surface area is 144 Å². The Morgan fingerprint density at radius 1 is 1.25 bits per heavy atom. The number of likely N-dealkylation sites (tertiary alicyclic amines) is 1. The number of nitrogens with zero attached hydrogens (tertiary/aromatic N) is 3. The van der Waals surface area contributed by atoms with Gasteiger partial charge in [-0.25, -0.2) is 0 Å². The first-order valence-electron chi connectivity index (χ1n) is 8.85. The Balaban J connectivity index is 1.69. The van der Waals surface area contributed by atoms with E-state index in [0.29, 0.717) is 0 Å². The molecule has 1 aromatic heterocycles. The highest BCUT2D eigenvalue weighted by atomic mass is 16.5. The van der Waals surface area contributed by atoms with Crippen molar-refractivity contribution in [1.29, 1.82) is 0 Å². The van der Waals surface area contributed by atoms with Gasteiger partial charge in [-0.2, -0.15) is 5.10 Å². The van der Waals surface area contributed by atoms with Crippen LogP contribution in [-0.2, 0) is 19.6 Å². The lowest BCUT2D eigenvalue weighted by Gasteiger charge is -2.18. The molecule has 0 saturated carbocycles. The van der Waals surface area contributed by atoms with E-state index in [4.69, 9.17) is 4.74 Å². The third kappa shape index (κ3) is 3.90. The molecule has 0 spiro atoms. The van der Waals surface area contributed by atoms with E-state index in [1.165, 1.54) is 37.1 Å². The van der Waals surface area contributed by atoms with Crippen molar-refractivity contribution >= 4 is 5.69 Å². The van der Waals surface area contributed by atoms with Crippen LogP contribution in [0.15, 0.2) is 24.4 Å². The monoisotopic (exact) mass is 328 g/mol. The topological polar surface area (TPSA) is 42.3 Å². The number of rotatable bonds is 7. The van der Waals surface area contributed by atoms with Gasteiger partial charge in [0.15, 0.2) is 0 Å². The van der Waals surface area contributed by atoms with Crippen molar-refractivity contribution in [1.82, 2.24) is 14.7 Å². The van der Waals surface area contributed by atoms with Crippen molar-refractivity contribution in [3.05, 3.63) is 41.2 Å². The van der Waals surface area contributed by atoms with E-state index in [0.717, 1.165) is 36.8 Å². The first kappa shape index (κ1) is 16.8. The van der Waals surface area contributed by atoms with E-state index in [9.17, 15) is 0 Å². The smallest absolute Gasteiger partial charge is 0.123 e. The molecule has 2 heterocycles. The molecule has 1 saturated heterocycles. The van der Waals surface area contributed by atoms with Crippen LogP contribution < -0.4 is 10.1 Å². The zero-order valence-electron chi connectivity index (χ0n) is 15.0. The molecule has 0 aliphatic carbocycles. The molecule has 1 aliphatic rings. The number of ether oxygens (including phenoxy) is 1. The van der Waals surface area contributed by atoms with Gasteiger partial charge in [0, 0.05) is 31.4 Å². The number of aromatic nitrogens is 2. The molecular formula is C19H28N4O. The van der Waals surface area contributed by atoms with E-state index >= 15 is 0 Å². The van der Waals surface area contributed by atoms with Crippen LogP contribution in [0.5, 0.6) is 5.75 Å². The second kappa shape index (κ2) is 7.71. The van der Waals surface area contributed by atoms with Crippen LogP contribution in [0.2, 0.25) is 0 Å². The Hall–Kier alpha value is -2.01. The van der Waals surface area contributed by atoms with Gasteiger partial charge in [0.05, 0.1) is 18.5 Å². The SMILES string of the molecule is CCn1cc(NCc2ccc(OC)c(CN3CCCC3)c2)c(C)n1. The highest BCUT2D eigenvalue weighted by Gasteiger charge is 2.14. The lowest BCUT2D eigenvalue weighted by atomic mass is 10.1. The normalized spacial score (nSPS) is 15.0. The fourth-order valence-corrected chi connectivity index (χ4v) is 3.30. The first-order valence-corrected chi connectivity index (χ1v) is 8.85. The highest BCUT2D eigenvalue weighted by molar-refractivity contribution is 5.47. The number of benzene rings is 1. The standard InChI is InChI=1S/C19H28N4O/c1-4-23-14-18(15(2)21-23)20-12-16-7-8-19(24-3)17(11-16)13-22-9-5-6-10-22/h7-8,11,14,20H,4-6,9-10,12-13H2,1-3H3. The van der Waals surface area contributed by atoms with Crippen molar-refractivity contribution < 1.29 is 4.74 Å². The molecule has 0 atom stereocenters. The summed E-state index contributed by atoms with van der Waals surface area (Å²) in [7, 11) is 1.75. The van der Waals surface area contributed by atoms with Crippen LogP contribution in [0.25, 0.3) is 0 Å². The van der Waals surface area contributed by atoms with Crippen LogP contribution >= 0.6 is 0 Å². The molecule has 130 valence electrons. The summed E-state index contributed by atoms with van der Waals surface area (Å²) in [6.45, 7) is 9.20. The van der Waals surface area contributed by atoms with Crippen LogP contribution in [-0.4, -0.2) is 34.9 Å². The quantitative estimate of drug-likeness (QED) is 0.845. The van der Waals surface area contributed by atoms with Crippen molar-refractivity contribution in [3.8, 4) is 5.75 Å². The lowest BCUT2D eigenvalue weighted by molar-refractivity contribution is 0.321. The predicted molar refractivity (Wildman–Crippen MR) is 97.5 cm³/mol. The van der Waals surface area contributed by atoms with Crippen LogP contribution in [0, 0.1) is 6.92 Å². The molecule has 0 unspecified atom stereocenters. The van der Waals surface area contributed by atoms with E-state index in [-0.39, 0.29) is 0 Å². The molecule has 1 aromatic carbocycles. The largest absolute Gasteiger partial charge is 0.496 e. The van der Waals surface area contributed by atoms with Gasteiger partial charge < -0.3 is 10.1 Å². The molecule has 5 heteroatoms. The van der Waals surface area contributed by atoms with E-state index in [1.54, 1.807) is 7.11 Å². The first-order chi connectivity index (χ1) is 11.7. The maximum Gasteiger partial charge on any atom is 0.123 e. The van der Waals surface area contributed by atoms with Crippen molar-refractivity contribution in [2.24, 2.45) is 0 Å². The van der Waals surface area contributed by atoms with Gasteiger partial charge in [0.25, 0.3) is 0 Å². The molecule has 0 radical (unpaired) electrons. The highest BCUT2D eigenvalue weighted by Crippen LogP contribution is 2.24. The third-order valence-corrected chi connectivity index (χ3v) is 4.69. The average molecular weight is 328 g/mol. The molecule has 0 amide bonds. The van der Waals surface area contributed by atoms with Gasteiger partial charge in [-0.15, -0.1) is 0 Å². The molecule has 1 N–H and O–H groups in total. The predicted octanol–water partition coefficient (Wildman–Crippen LogP) is 3.43. The second-order valence-corrected chi connectivity index (χ2v) is 6.47. The zero-order valence-corrected chi connectivity index (χ0v) is 15.0. The maximum absolute atomic E-state index is 5.55. The summed E-state index contributed by atoms with van der Waals surface area (Å²) < 4.78 is 7.51. The average Bonchev–Trinajstić information content (AvgIpc) is 3.22. The fourth-order valence-electron chi connectivity index (χ4n) is 3.30. The summed E-state index contributed by atoms with van der Waals surface area (Å²) in [6, 6.07) is 6.49. The second-order valence-electron chi connectivity index (χ2n) is 6.47. The van der Waals surface area contributed by atoms with Gasteiger partial charge >= 0.3 is 0 Å². The zero-order chi connectivity index (χ0) is 16.9. The Bertz CT molecular complexity index is 674. The summed E-state index contributed by atoms with van der Waals surface area (Å²) in [4.78, 5) is 2.50. The molecule has 3 rings (SSSR count). The van der Waals surface area contributed by atoms with Gasteiger partial charge in [0.2, 0.25) is 0 Å². The summed E-state index contributed by atoms with van der Waals surface area (Å²) >= 11 is 0. The lowest BCUT2D eigenvalue weighted by Crippen LogP contribution is -2.19. The minimum Gasteiger partial charge on any atom is -0.496 e. The summed E-state index contributed by atoms with van der Waals surface area (Å²) in [5.41, 5.74) is 4.70. The van der Waals surface area contributed by atoms with Gasteiger partial charge in [-0.1, -0.05) is 6.07 Å². The third-order valence-electron chi connectivity index (χ3n) is 4.69. The number of nitrogens with one attached hydrogen (secondary N) is 1. The number of anilines is 1. The maximum atomic E-state index is 5.55. The Kier molecular flexibility index (Phi) is 5.41. The molecule has 24 heavy (non-hydrogen) atoms. The van der Waals surface area contributed by atoms with Crippen molar-refractivity contribution in [3.63, 3.8) is 0 Å². The number of methoxy groups -OCH3 is 1. The fraction of sp³-hybridized carbons (Fsp3) is 0.526. The minimum absolute atomic E-state index is 0.799. The molecular weight excluding hydrogens is 300 g/mol. The van der Waals surface area contributed by atoms with Crippen LogP contribution in [0.1, 0.15) is 36.6 Å². The number of hydrogen-bond acceptors (Lipinski definition) is 4. The summed E-state index contributed by atoms with van der Waals surface area (Å²) in [6.07, 6.45) is 4.69. The molecule has 0 bridgehead atoms.